The fraction of sp³-hybridized carbons (Fsp3) is 0.250. The Labute approximate surface area is 137 Å². The second kappa shape index (κ2) is 5.89. The number of rotatable bonds is 4. The molecule has 0 radical (unpaired) electrons. The maximum Gasteiger partial charge on any atom is 0.300 e. The first-order valence-corrected chi connectivity index (χ1v) is 7.69. The molecule has 24 heavy (non-hydrogen) atoms. The van der Waals surface area contributed by atoms with Crippen LogP contribution in [0.25, 0.3) is 11.0 Å². The predicted molar refractivity (Wildman–Crippen MR) is 87.8 cm³/mol. The fourth-order valence-corrected chi connectivity index (χ4v) is 3.13. The summed E-state index contributed by atoms with van der Waals surface area (Å²) >= 11 is 0. The van der Waals surface area contributed by atoms with Crippen molar-refractivity contribution in [3.8, 4) is 0 Å². The highest BCUT2D eigenvalue weighted by molar-refractivity contribution is 5.93. The van der Waals surface area contributed by atoms with E-state index in [2.05, 4.69) is 43.8 Å². The molecule has 1 aliphatic heterocycles. The lowest BCUT2D eigenvalue weighted by Crippen LogP contribution is -2.34. The van der Waals surface area contributed by atoms with E-state index in [1.165, 1.54) is 17.2 Å². The standard InChI is InChI=1S/C16H15N5O3/c22-21(23)14-6-5-12(15-16(14)20-24-19-15)18-9-13-11-4-2-1-3-10(11)7-8-17-13/h1-6,13,17-18H,7-9H2. The van der Waals surface area contributed by atoms with Crippen molar-refractivity contribution in [1.82, 2.24) is 15.6 Å². The van der Waals surface area contributed by atoms with E-state index in [1.54, 1.807) is 6.07 Å². The van der Waals surface area contributed by atoms with Crippen molar-refractivity contribution in [2.45, 2.75) is 12.5 Å². The zero-order valence-electron chi connectivity index (χ0n) is 12.7. The second-order valence-electron chi connectivity index (χ2n) is 5.69. The number of fused-ring (bicyclic) bond motifs is 2. The quantitative estimate of drug-likeness (QED) is 0.560. The van der Waals surface area contributed by atoms with Crippen LogP contribution >= 0.6 is 0 Å². The van der Waals surface area contributed by atoms with Crippen LogP contribution in [0, 0.1) is 10.1 Å². The lowest BCUT2D eigenvalue weighted by Gasteiger charge is -2.27. The molecule has 2 aromatic carbocycles. The third-order valence-electron chi connectivity index (χ3n) is 4.30. The molecule has 1 aliphatic rings. The molecule has 0 saturated heterocycles. The number of non-ortho nitro benzene ring substituents is 1. The average Bonchev–Trinajstić information content (AvgIpc) is 3.09. The van der Waals surface area contributed by atoms with Crippen LogP contribution in [0.2, 0.25) is 0 Å². The van der Waals surface area contributed by atoms with Crippen molar-refractivity contribution in [1.29, 1.82) is 0 Å². The summed E-state index contributed by atoms with van der Waals surface area (Å²) in [7, 11) is 0. The fourth-order valence-electron chi connectivity index (χ4n) is 3.13. The molecule has 0 aliphatic carbocycles. The van der Waals surface area contributed by atoms with Gasteiger partial charge in [-0.25, -0.2) is 4.63 Å². The summed E-state index contributed by atoms with van der Waals surface area (Å²) in [5.74, 6) is 0. The Kier molecular flexibility index (Phi) is 3.58. The van der Waals surface area contributed by atoms with E-state index >= 15 is 0 Å². The second-order valence-corrected chi connectivity index (χ2v) is 5.69. The average molecular weight is 325 g/mol. The summed E-state index contributed by atoms with van der Waals surface area (Å²) in [6.07, 6.45) is 1.02. The molecule has 0 fully saturated rings. The number of nitro benzene ring substituents is 1. The smallest absolute Gasteiger partial charge is 0.300 e. The van der Waals surface area contributed by atoms with E-state index in [9.17, 15) is 10.1 Å². The van der Waals surface area contributed by atoms with Crippen LogP contribution in [-0.4, -0.2) is 28.3 Å². The minimum atomic E-state index is -0.491. The summed E-state index contributed by atoms with van der Waals surface area (Å²) in [6, 6.07) is 11.6. The molecule has 4 rings (SSSR count). The summed E-state index contributed by atoms with van der Waals surface area (Å²) in [6.45, 7) is 1.56. The highest BCUT2D eigenvalue weighted by Crippen LogP contribution is 2.29. The van der Waals surface area contributed by atoms with E-state index in [4.69, 9.17) is 0 Å². The van der Waals surface area contributed by atoms with Gasteiger partial charge in [-0.05, 0) is 40.5 Å². The molecular weight excluding hydrogens is 310 g/mol. The van der Waals surface area contributed by atoms with Gasteiger partial charge in [-0.15, -0.1) is 0 Å². The van der Waals surface area contributed by atoms with Gasteiger partial charge >= 0.3 is 5.69 Å². The lowest BCUT2D eigenvalue weighted by atomic mass is 9.94. The molecule has 8 nitrogen and oxygen atoms in total. The van der Waals surface area contributed by atoms with Gasteiger partial charge in [0, 0.05) is 18.7 Å². The number of nitrogens with zero attached hydrogens (tertiary/aromatic N) is 3. The van der Waals surface area contributed by atoms with Crippen molar-refractivity contribution < 1.29 is 9.55 Å². The molecule has 1 aromatic heterocycles. The van der Waals surface area contributed by atoms with Crippen LogP contribution in [0.3, 0.4) is 0 Å². The number of nitrogens with one attached hydrogen (secondary N) is 2. The molecule has 8 heteroatoms. The summed E-state index contributed by atoms with van der Waals surface area (Å²) < 4.78 is 4.68. The molecular formula is C16H15N5O3. The SMILES string of the molecule is O=[N+]([O-])c1ccc(NCC2NCCc3ccccc32)c2nonc12. The Balaban J connectivity index is 1.59. The lowest BCUT2D eigenvalue weighted by molar-refractivity contribution is -0.383. The van der Waals surface area contributed by atoms with Crippen molar-refractivity contribution in [2.24, 2.45) is 0 Å². The summed E-state index contributed by atoms with van der Waals surface area (Å²) in [4.78, 5) is 10.5. The first-order valence-electron chi connectivity index (χ1n) is 7.69. The van der Waals surface area contributed by atoms with Gasteiger partial charge in [-0.1, -0.05) is 24.3 Å². The minimum Gasteiger partial charge on any atom is -0.381 e. The Hall–Kier alpha value is -3.00. The van der Waals surface area contributed by atoms with Gasteiger partial charge in [0.1, 0.15) is 0 Å². The van der Waals surface area contributed by atoms with Gasteiger partial charge in [0.15, 0.2) is 5.52 Å². The molecule has 122 valence electrons. The molecule has 2 heterocycles. The number of benzene rings is 2. The summed E-state index contributed by atoms with van der Waals surface area (Å²) in [5, 5.41) is 25.3. The molecule has 1 unspecified atom stereocenters. The number of nitro groups is 1. The monoisotopic (exact) mass is 325 g/mol. The van der Waals surface area contributed by atoms with E-state index in [0.717, 1.165) is 13.0 Å². The van der Waals surface area contributed by atoms with Gasteiger partial charge in [0.2, 0.25) is 5.52 Å². The van der Waals surface area contributed by atoms with Gasteiger partial charge in [-0.2, -0.15) is 0 Å². The maximum atomic E-state index is 11.0. The molecule has 0 amide bonds. The van der Waals surface area contributed by atoms with Crippen molar-refractivity contribution in [3.63, 3.8) is 0 Å². The largest absolute Gasteiger partial charge is 0.381 e. The van der Waals surface area contributed by atoms with Crippen LogP contribution in [0.4, 0.5) is 11.4 Å². The number of hydrogen-bond donors (Lipinski definition) is 2. The van der Waals surface area contributed by atoms with E-state index in [1.807, 2.05) is 6.07 Å². The predicted octanol–water partition coefficient (Wildman–Crippen LogP) is 2.43. The van der Waals surface area contributed by atoms with E-state index in [-0.39, 0.29) is 17.2 Å². The Morgan fingerprint density at radius 1 is 1.25 bits per heavy atom. The van der Waals surface area contributed by atoms with Crippen molar-refractivity contribution in [2.75, 3.05) is 18.4 Å². The first kappa shape index (κ1) is 14.6. The van der Waals surface area contributed by atoms with Crippen LogP contribution in [0.1, 0.15) is 17.2 Å². The molecule has 0 bridgehead atoms. The minimum absolute atomic E-state index is 0.113. The first-order chi connectivity index (χ1) is 11.7. The summed E-state index contributed by atoms with van der Waals surface area (Å²) in [5.41, 5.74) is 3.70. The van der Waals surface area contributed by atoms with E-state index in [0.29, 0.717) is 17.7 Å². The Morgan fingerprint density at radius 3 is 2.96 bits per heavy atom. The Bertz CT molecular complexity index is 908. The van der Waals surface area contributed by atoms with Crippen molar-refractivity contribution >= 4 is 22.4 Å². The molecule has 3 aromatic rings. The van der Waals surface area contributed by atoms with Gasteiger partial charge in [0.25, 0.3) is 0 Å². The van der Waals surface area contributed by atoms with Gasteiger partial charge in [-0.3, -0.25) is 10.1 Å². The zero-order valence-corrected chi connectivity index (χ0v) is 12.7. The molecule has 2 N–H and O–H groups in total. The van der Waals surface area contributed by atoms with Gasteiger partial charge in [0.05, 0.1) is 10.6 Å². The third-order valence-corrected chi connectivity index (χ3v) is 4.30. The van der Waals surface area contributed by atoms with Crippen LogP contribution in [0.15, 0.2) is 41.0 Å². The van der Waals surface area contributed by atoms with Crippen molar-refractivity contribution in [3.05, 3.63) is 57.6 Å². The highest BCUT2D eigenvalue weighted by atomic mass is 16.6. The number of hydrogen-bond acceptors (Lipinski definition) is 7. The Morgan fingerprint density at radius 2 is 2.08 bits per heavy atom. The maximum absolute atomic E-state index is 11.0. The van der Waals surface area contributed by atoms with Crippen LogP contribution in [-0.2, 0) is 6.42 Å². The number of anilines is 1. The topological polar surface area (TPSA) is 106 Å². The zero-order chi connectivity index (χ0) is 16.5. The van der Waals surface area contributed by atoms with Crippen LogP contribution < -0.4 is 10.6 Å². The third kappa shape index (κ3) is 2.46. The molecule has 1 atom stereocenters. The normalized spacial score (nSPS) is 16.8. The highest BCUT2D eigenvalue weighted by Gasteiger charge is 2.22. The molecule has 0 spiro atoms. The molecule has 0 saturated carbocycles. The van der Waals surface area contributed by atoms with Crippen LogP contribution in [0.5, 0.6) is 0 Å². The van der Waals surface area contributed by atoms with Gasteiger partial charge < -0.3 is 10.6 Å². The van der Waals surface area contributed by atoms with E-state index < -0.39 is 4.92 Å². The number of aromatic nitrogens is 2.